The van der Waals surface area contributed by atoms with E-state index in [1.165, 1.54) is 25.3 Å². The number of hydrogen-bond acceptors (Lipinski definition) is 3. The van der Waals surface area contributed by atoms with Gasteiger partial charge in [0.1, 0.15) is 0 Å². The number of carboxylic acid groups (broad SMARTS) is 1. The molecule has 1 aliphatic carbocycles. The summed E-state index contributed by atoms with van der Waals surface area (Å²) in [7, 11) is 0. The Morgan fingerprint density at radius 2 is 1.48 bits per heavy atom. The van der Waals surface area contributed by atoms with Crippen LogP contribution in [0.3, 0.4) is 0 Å². The minimum Gasteiger partial charge on any atom is -0.478 e. The highest BCUT2D eigenvalue weighted by molar-refractivity contribution is 5.91. The molecule has 0 bridgehead atoms. The Hall–Kier alpha value is -2.37. The lowest BCUT2D eigenvalue weighted by atomic mass is 9.86. The molecule has 2 aliphatic rings. The second kappa shape index (κ2) is 9.02. The summed E-state index contributed by atoms with van der Waals surface area (Å²) in [6, 6.07) is 6.61. The van der Waals surface area contributed by atoms with Crippen molar-refractivity contribution in [3.63, 3.8) is 0 Å². The van der Waals surface area contributed by atoms with Crippen LogP contribution in [0.4, 0.5) is 0 Å². The molecule has 2 amide bonds. The fourth-order valence-corrected chi connectivity index (χ4v) is 4.13. The number of aromatic carboxylic acids is 1. The van der Waals surface area contributed by atoms with Gasteiger partial charge >= 0.3 is 5.97 Å². The highest BCUT2D eigenvalue weighted by atomic mass is 16.4. The molecule has 6 nitrogen and oxygen atoms in total. The van der Waals surface area contributed by atoms with Crippen LogP contribution < -0.4 is 0 Å². The molecule has 1 saturated heterocycles. The average molecular weight is 372 g/mol. The number of piperazine rings is 1. The van der Waals surface area contributed by atoms with Crippen LogP contribution in [0.25, 0.3) is 0 Å². The van der Waals surface area contributed by atoms with Crippen molar-refractivity contribution < 1.29 is 19.5 Å². The Bertz CT molecular complexity index is 689. The lowest BCUT2D eigenvalue weighted by Crippen LogP contribution is -2.51. The number of carbonyl (C=O) groups excluding carboxylic acids is 2. The van der Waals surface area contributed by atoms with E-state index in [1.54, 1.807) is 23.1 Å². The Morgan fingerprint density at radius 1 is 0.889 bits per heavy atom. The van der Waals surface area contributed by atoms with Gasteiger partial charge in [0, 0.05) is 32.6 Å². The van der Waals surface area contributed by atoms with Crippen LogP contribution in [0.5, 0.6) is 0 Å². The molecule has 1 aromatic carbocycles. The number of carboxylic acids is 1. The van der Waals surface area contributed by atoms with Crippen LogP contribution in [-0.2, 0) is 16.0 Å². The molecule has 1 saturated carbocycles. The summed E-state index contributed by atoms with van der Waals surface area (Å²) in [4.78, 5) is 40.0. The molecule has 1 aromatic rings. The first-order valence-electron chi connectivity index (χ1n) is 9.91. The Labute approximate surface area is 160 Å². The molecule has 1 N–H and O–H groups in total. The van der Waals surface area contributed by atoms with Gasteiger partial charge in [0.05, 0.1) is 12.0 Å². The molecular weight excluding hydrogens is 344 g/mol. The third-order valence-electron chi connectivity index (χ3n) is 5.76. The van der Waals surface area contributed by atoms with Crippen molar-refractivity contribution in [2.45, 2.75) is 44.9 Å². The molecule has 1 heterocycles. The summed E-state index contributed by atoms with van der Waals surface area (Å²) in [5.41, 5.74) is 0.706. The van der Waals surface area contributed by atoms with Crippen molar-refractivity contribution >= 4 is 17.8 Å². The van der Waals surface area contributed by atoms with Crippen LogP contribution in [0.2, 0.25) is 0 Å². The number of carbonyl (C=O) groups is 3. The van der Waals surface area contributed by atoms with E-state index in [-0.39, 0.29) is 23.8 Å². The van der Waals surface area contributed by atoms with Gasteiger partial charge in [-0.2, -0.15) is 0 Å². The van der Waals surface area contributed by atoms with Crippen LogP contribution in [0, 0.1) is 5.92 Å². The Kier molecular flexibility index (Phi) is 6.48. The zero-order chi connectivity index (χ0) is 19.2. The normalized spacial score (nSPS) is 18.4. The van der Waals surface area contributed by atoms with E-state index in [9.17, 15) is 19.5 Å². The topological polar surface area (TPSA) is 77.9 Å². The van der Waals surface area contributed by atoms with E-state index in [2.05, 4.69) is 0 Å². The van der Waals surface area contributed by atoms with Gasteiger partial charge in [0.15, 0.2) is 0 Å². The van der Waals surface area contributed by atoms with E-state index in [0.29, 0.717) is 44.1 Å². The first-order valence-corrected chi connectivity index (χ1v) is 9.91. The second-order valence-corrected chi connectivity index (χ2v) is 7.61. The monoisotopic (exact) mass is 372 g/mol. The summed E-state index contributed by atoms with van der Waals surface area (Å²) in [6.07, 6.45) is 6.80. The molecule has 0 aromatic heterocycles. The van der Waals surface area contributed by atoms with Gasteiger partial charge in [-0.15, -0.1) is 0 Å². The maximum Gasteiger partial charge on any atom is 0.335 e. The predicted octanol–water partition coefficient (Wildman–Crippen LogP) is 2.57. The first-order chi connectivity index (χ1) is 13.0. The van der Waals surface area contributed by atoms with E-state index in [4.69, 9.17) is 0 Å². The van der Waals surface area contributed by atoms with Crippen molar-refractivity contribution in [3.05, 3.63) is 35.4 Å². The standard InChI is InChI=1S/C21H28N2O4/c24-19(14-16-6-2-1-3-7-16)22-10-12-23(13-11-22)20(25)15-17-8-4-5-9-18(17)21(26)27/h4-5,8-9,16H,1-3,6-7,10-15H2,(H,26,27). The van der Waals surface area contributed by atoms with E-state index < -0.39 is 5.97 Å². The molecular formula is C21H28N2O4. The fourth-order valence-electron chi connectivity index (χ4n) is 4.13. The van der Waals surface area contributed by atoms with Gasteiger partial charge in [0.2, 0.25) is 11.8 Å². The predicted molar refractivity (Wildman–Crippen MR) is 101 cm³/mol. The number of hydrogen-bond donors (Lipinski definition) is 1. The van der Waals surface area contributed by atoms with Gasteiger partial charge in [-0.05, 0) is 30.4 Å². The Balaban J connectivity index is 1.49. The molecule has 0 radical (unpaired) electrons. The number of benzene rings is 1. The van der Waals surface area contributed by atoms with Gasteiger partial charge < -0.3 is 14.9 Å². The zero-order valence-corrected chi connectivity index (χ0v) is 15.7. The summed E-state index contributed by atoms with van der Waals surface area (Å²) < 4.78 is 0. The van der Waals surface area contributed by atoms with Crippen molar-refractivity contribution in [2.24, 2.45) is 5.92 Å². The van der Waals surface area contributed by atoms with Crippen molar-refractivity contribution in [1.82, 2.24) is 9.80 Å². The van der Waals surface area contributed by atoms with Gasteiger partial charge in [-0.25, -0.2) is 4.79 Å². The second-order valence-electron chi connectivity index (χ2n) is 7.61. The maximum atomic E-state index is 12.6. The molecule has 0 unspecified atom stereocenters. The molecule has 3 rings (SSSR count). The average Bonchev–Trinajstić information content (AvgIpc) is 2.69. The molecule has 2 fully saturated rings. The minimum atomic E-state index is -1.02. The van der Waals surface area contributed by atoms with E-state index >= 15 is 0 Å². The molecule has 0 atom stereocenters. The fraction of sp³-hybridized carbons (Fsp3) is 0.571. The molecule has 6 heteroatoms. The zero-order valence-electron chi connectivity index (χ0n) is 15.7. The summed E-state index contributed by atoms with van der Waals surface area (Å²) in [5, 5.41) is 9.25. The Morgan fingerprint density at radius 3 is 2.11 bits per heavy atom. The van der Waals surface area contributed by atoms with Gasteiger partial charge in [0.25, 0.3) is 0 Å². The first kappa shape index (κ1) is 19.4. The van der Waals surface area contributed by atoms with Crippen LogP contribution >= 0.6 is 0 Å². The summed E-state index contributed by atoms with van der Waals surface area (Å²) in [5.74, 6) is -0.358. The number of nitrogens with zero attached hydrogens (tertiary/aromatic N) is 2. The van der Waals surface area contributed by atoms with Gasteiger partial charge in [-0.1, -0.05) is 37.5 Å². The molecule has 0 spiro atoms. The molecule has 1 aliphatic heterocycles. The summed E-state index contributed by atoms with van der Waals surface area (Å²) in [6.45, 7) is 2.17. The largest absolute Gasteiger partial charge is 0.478 e. The van der Waals surface area contributed by atoms with E-state index in [1.807, 2.05) is 4.90 Å². The van der Waals surface area contributed by atoms with Crippen molar-refractivity contribution in [3.8, 4) is 0 Å². The third-order valence-corrected chi connectivity index (χ3v) is 5.76. The third kappa shape index (κ3) is 5.08. The SMILES string of the molecule is O=C(O)c1ccccc1CC(=O)N1CCN(C(=O)CC2CCCCC2)CC1. The van der Waals surface area contributed by atoms with Crippen molar-refractivity contribution in [1.29, 1.82) is 0 Å². The van der Waals surface area contributed by atoms with Gasteiger partial charge in [-0.3, -0.25) is 9.59 Å². The van der Waals surface area contributed by atoms with E-state index in [0.717, 1.165) is 12.8 Å². The van der Waals surface area contributed by atoms with Crippen LogP contribution in [0.15, 0.2) is 24.3 Å². The smallest absolute Gasteiger partial charge is 0.335 e. The lowest BCUT2D eigenvalue weighted by molar-refractivity contribution is -0.139. The number of amides is 2. The minimum absolute atomic E-state index is 0.0805. The highest BCUT2D eigenvalue weighted by Crippen LogP contribution is 2.27. The maximum absolute atomic E-state index is 12.6. The quantitative estimate of drug-likeness (QED) is 0.862. The van der Waals surface area contributed by atoms with Crippen molar-refractivity contribution in [2.75, 3.05) is 26.2 Å². The lowest BCUT2D eigenvalue weighted by Gasteiger charge is -2.36. The van der Waals surface area contributed by atoms with Crippen LogP contribution in [-0.4, -0.2) is 58.9 Å². The number of rotatable bonds is 5. The van der Waals surface area contributed by atoms with Crippen LogP contribution in [0.1, 0.15) is 54.4 Å². The molecule has 27 heavy (non-hydrogen) atoms. The summed E-state index contributed by atoms with van der Waals surface area (Å²) >= 11 is 0. The molecule has 146 valence electrons. The highest BCUT2D eigenvalue weighted by Gasteiger charge is 2.26.